The van der Waals surface area contributed by atoms with Crippen LogP contribution >= 0.6 is 0 Å². The van der Waals surface area contributed by atoms with Crippen molar-refractivity contribution in [3.63, 3.8) is 0 Å². The molecule has 120 heavy (non-hydrogen) atoms. The van der Waals surface area contributed by atoms with Crippen molar-refractivity contribution in [2.24, 2.45) is 0 Å². The number of nitrogens with zero attached hydrogens (tertiary/aromatic N) is 3. The molecule has 0 saturated carbocycles. The van der Waals surface area contributed by atoms with E-state index in [4.69, 9.17) is 10.4 Å². The highest BCUT2D eigenvalue weighted by Crippen LogP contribution is 2.37. The van der Waals surface area contributed by atoms with Crippen molar-refractivity contribution in [2.75, 3.05) is 42.5 Å². The summed E-state index contributed by atoms with van der Waals surface area (Å²) in [5, 5.41) is 184. The molecule has 1 heterocycles. The molecule has 12 rings (SSSR count). The van der Waals surface area contributed by atoms with Crippen LogP contribution in [0.25, 0.3) is 5.70 Å². The lowest BCUT2D eigenvalue weighted by molar-refractivity contribution is 0.0705. The van der Waals surface area contributed by atoms with Crippen molar-refractivity contribution >= 4 is 105 Å². The van der Waals surface area contributed by atoms with Crippen LogP contribution in [-0.2, 0) is 0 Å². The number of rotatable bonds is 19. The van der Waals surface area contributed by atoms with Gasteiger partial charge in [-0.15, -0.1) is 0 Å². The Kier molecular flexibility index (Phi) is 27.7. The van der Waals surface area contributed by atoms with E-state index in [1.165, 1.54) is 151 Å². The minimum Gasteiger partial charge on any atom is -0.507 e. The number of phenols is 15. The SMILES string of the molecule is C=C(NO)c1cccc(C(=O)NO)c1.Cc1cccc(C(=O)Nc2ccccc2NC(=O)c2cccc(O)c2O)c1O.O=C(Nc1cc(NC(=O)c2cccc(O)c2O)cc(NC(=O)c2cccc(O)c2O)c1)c1cccc(O)c1O.O=C(Nc1nc(NC(=O)c2cccc(O)c2O)nc(NC(=O)c2cccc(O)c2O)n1)c1cccc(O)c1O. The fraction of sp³-hybridized carbons (Fsp3) is 0.0123. The van der Waals surface area contributed by atoms with E-state index >= 15 is 0 Å². The molecule has 0 aliphatic carbocycles. The summed E-state index contributed by atoms with van der Waals surface area (Å²) in [6, 6.07) is 47.8. The van der Waals surface area contributed by atoms with E-state index < -0.39 is 152 Å². The Balaban J connectivity index is 0.000000191. The quantitative estimate of drug-likeness (QED) is 0.0203. The van der Waals surface area contributed by atoms with Crippen LogP contribution in [0.1, 0.15) is 104 Å². The topological polar surface area (TPSA) is 657 Å². The van der Waals surface area contributed by atoms with E-state index in [-0.39, 0.29) is 84.3 Å². The number of aryl methyl sites for hydroxylation is 1. The fourth-order valence-electron chi connectivity index (χ4n) is 10.4. The van der Waals surface area contributed by atoms with Gasteiger partial charge >= 0.3 is 0 Å². The van der Waals surface area contributed by atoms with Gasteiger partial charge in [-0.05, 0) is 146 Å². The third kappa shape index (κ3) is 21.3. The highest BCUT2D eigenvalue weighted by Gasteiger charge is 2.26. The van der Waals surface area contributed by atoms with Crippen molar-refractivity contribution in [2.45, 2.75) is 6.92 Å². The molecule has 0 bridgehead atoms. The van der Waals surface area contributed by atoms with Crippen molar-refractivity contribution in [3.05, 3.63) is 280 Å². The van der Waals surface area contributed by atoms with Gasteiger partial charge in [0.1, 0.15) is 5.75 Å². The molecule has 0 spiro atoms. The van der Waals surface area contributed by atoms with Crippen LogP contribution in [0.15, 0.2) is 219 Å². The second kappa shape index (κ2) is 38.6. The molecule has 0 saturated heterocycles. The lowest BCUT2D eigenvalue weighted by atomic mass is 10.1. The summed E-state index contributed by atoms with van der Waals surface area (Å²) in [5.41, 5.74) is 3.87. The molecular weight excluding hydrogens is 1570 g/mol. The van der Waals surface area contributed by atoms with Gasteiger partial charge in [-0.25, -0.2) is 5.48 Å². The minimum atomic E-state index is -0.986. The standard InChI is InChI=1S/C27H21N3O9.C24H18N6O9.C21H18N2O5.C9H10N2O3/c31-19-7-1-4-16(22(19)34)25(37)28-13-10-14(29-26(38)17-5-2-8-20(32)23(17)35)12-15(11-13)30-27(39)18-6-3-9-21(33)24(18)36;31-13-7-1-4-10(16(13)34)19(37)25-22-28-23(26-20(38)11-5-2-8-14(32)17(11)35)30-24(29-22)27-21(39)12-6-3-9-15(33)18(12)36;1-12-6-4-7-13(18(12)25)20(27)22-15-9-2-3-10-16(15)23-21(28)14-8-5-11-17(24)19(14)26;1-6(10-13)7-3-2-4-8(5-7)9(12)11-14/h1-12,31-36H,(H,28,37)(H,29,38)(H,30,39);1-9,31-36H,(H3,25,26,27,28,29,30,37,38,39);2-11,24-26H,1H3,(H,22,27)(H,23,28);2-5,10,13-14H,1H2,(H,11,12). The number of carbonyl (C=O) groups is 9. The third-order valence-electron chi connectivity index (χ3n) is 16.4. The number of phenolic OH excluding ortho intramolecular Hbond substituents is 15. The summed E-state index contributed by atoms with van der Waals surface area (Å²) in [5.74, 6) is -17.4. The van der Waals surface area contributed by atoms with Crippen LogP contribution in [0.5, 0.6) is 86.2 Å². The maximum Gasteiger partial charge on any atom is 0.274 e. The van der Waals surface area contributed by atoms with Gasteiger partial charge in [0.05, 0.1) is 61.6 Å². The molecule has 27 N–H and O–H groups in total. The van der Waals surface area contributed by atoms with Crippen LogP contribution in [0, 0.1) is 6.92 Å². The first kappa shape index (κ1) is 86.1. The molecule has 0 fully saturated rings. The molecule has 39 heteroatoms. The van der Waals surface area contributed by atoms with E-state index in [1.807, 2.05) is 5.48 Å². The van der Waals surface area contributed by atoms with E-state index in [1.54, 1.807) is 55.5 Å². The average molecular weight is 1640 g/mol. The smallest absolute Gasteiger partial charge is 0.274 e. The van der Waals surface area contributed by atoms with Gasteiger partial charge in [0.2, 0.25) is 17.8 Å². The predicted molar refractivity (Wildman–Crippen MR) is 427 cm³/mol. The molecule has 9 amide bonds. The normalized spacial score (nSPS) is 10.3. The molecule has 0 aliphatic heterocycles. The zero-order valence-electron chi connectivity index (χ0n) is 61.5. The highest BCUT2D eigenvalue weighted by atomic mass is 16.5. The lowest BCUT2D eigenvalue weighted by Crippen LogP contribution is -2.21. The first-order valence-corrected chi connectivity index (χ1v) is 34.2. The van der Waals surface area contributed by atoms with Gasteiger partial charge in [-0.1, -0.05) is 85.4 Å². The maximum atomic E-state index is 12.8. The molecule has 0 unspecified atom stereocenters. The zero-order valence-corrected chi connectivity index (χ0v) is 61.5. The number of anilines is 8. The Morgan fingerprint density at radius 3 is 0.750 bits per heavy atom. The number of hydrogen-bond acceptors (Lipinski definition) is 30. The van der Waals surface area contributed by atoms with Crippen molar-refractivity contribution in [1.82, 2.24) is 25.9 Å². The van der Waals surface area contributed by atoms with Crippen LogP contribution in [-0.4, -0.2) is 155 Å². The lowest BCUT2D eigenvalue weighted by Gasteiger charge is -2.14. The van der Waals surface area contributed by atoms with Gasteiger partial charge < -0.3 is 103 Å². The largest absolute Gasteiger partial charge is 0.507 e. The summed E-state index contributed by atoms with van der Waals surface area (Å²) in [6.07, 6.45) is 0. The maximum absolute atomic E-state index is 12.8. The average Bonchev–Trinajstić information content (AvgIpc) is 0.828. The van der Waals surface area contributed by atoms with Crippen molar-refractivity contribution < 1.29 is 130 Å². The second-order valence-electron chi connectivity index (χ2n) is 24.6. The molecular formula is C81H67N13O26. The number of hydroxylamine groups is 2. The van der Waals surface area contributed by atoms with Crippen LogP contribution in [0.3, 0.4) is 0 Å². The summed E-state index contributed by atoms with van der Waals surface area (Å²) >= 11 is 0. The van der Waals surface area contributed by atoms with Gasteiger partial charge in [-0.2, -0.15) is 15.0 Å². The fourth-order valence-corrected chi connectivity index (χ4v) is 10.4. The predicted octanol–water partition coefficient (Wildman–Crippen LogP) is 9.91. The number of para-hydroxylation sites is 10. The van der Waals surface area contributed by atoms with Crippen molar-refractivity contribution in [3.8, 4) is 86.2 Å². The van der Waals surface area contributed by atoms with Crippen LogP contribution in [0.4, 0.5) is 46.3 Å². The van der Waals surface area contributed by atoms with Crippen LogP contribution < -0.4 is 53.5 Å². The summed E-state index contributed by atoms with van der Waals surface area (Å²) in [7, 11) is 0. The molecule has 11 aromatic carbocycles. The zero-order chi connectivity index (χ0) is 87.3. The molecule has 39 nitrogen and oxygen atoms in total. The number of hydrogen-bond donors (Lipinski definition) is 27. The monoisotopic (exact) mass is 1640 g/mol. The summed E-state index contributed by atoms with van der Waals surface area (Å²) in [6.45, 7) is 5.20. The first-order valence-electron chi connectivity index (χ1n) is 34.2. The Morgan fingerprint density at radius 2 is 0.483 bits per heavy atom. The van der Waals surface area contributed by atoms with Gasteiger partial charge in [-0.3, -0.25) is 75.0 Å². The number of amides is 9. The van der Waals surface area contributed by atoms with Gasteiger partial charge in [0.25, 0.3) is 53.2 Å². The molecule has 0 atom stereocenters. The summed E-state index contributed by atoms with van der Waals surface area (Å²) in [4.78, 5) is 124. The molecule has 0 radical (unpaired) electrons. The Hall–Kier alpha value is -17.9. The van der Waals surface area contributed by atoms with E-state index in [0.717, 1.165) is 18.2 Å². The molecule has 612 valence electrons. The van der Waals surface area contributed by atoms with Crippen LogP contribution in [0.2, 0.25) is 0 Å². The molecule has 12 aromatic rings. The summed E-state index contributed by atoms with van der Waals surface area (Å²) < 4.78 is 0. The number of benzene rings is 11. The third-order valence-corrected chi connectivity index (χ3v) is 16.4. The van der Waals surface area contributed by atoms with Gasteiger partial charge in [0, 0.05) is 28.2 Å². The number of nitrogens with one attached hydrogen (secondary N) is 10. The van der Waals surface area contributed by atoms with Crippen molar-refractivity contribution in [1.29, 1.82) is 0 Å². The van der Waals surface area contributed by atoms with E-state index in [2.05, 4.69) is 64.1 Å². The Labute approximate surface area is 674 Å². The van der Waals surface area contributed by atoms with E-state index in [0.29, 0.717) is 16.8 Å². The second-order valence-corrected chi connectivity index (χ2v) is 24.6. The Morgan fingerprint density at radius 1 is 0.250 bits per heavy atom. The molecule has 1 aromatic heterocycles. The Bertz CT molecular complexity index is 5270. The minimum absolute atomic E-state index is 0.0242. The first-order chi connectivity index (χ1) is 57.2. The highest BCUT2D eigenvalue weighted by molar-refractivity contribution is 6.14. The van der Waals surface area contributed by atoms with Gasteiger partial charge in [0.15, 0.2) is 80.5 Å². The number of aromatic hydroxyl groups is 15. The number of aromatic nitrogens is 3. The van der Waals surface area contributed by atoms with E-state index in [9.17, 15) is 120 Å². The number of carbonyl (C=O) groups excluding carboxylic acids is 9. The molecule has 0 aliphatic rings.